The quantitative estimate of drug-likeness (QED) is 0.915. The van der Waals surface area contributed by atoms with Crippen LogP contribution in [-0.4, -0.2) is 37.1 Å². The summed E-state index contributed by atoms with van der Waals surface area (Å²) in [7, 11) is 1.14. The Morgan fingerprint density at radius 2 is 2.00 bits per heavy atom. The Morgan fingerprint density at radius 1 is 1.37 bits per heavy atom. The predicted octanol–water partition coefficient (Wildman–Crippen LogP) is 3.06. The summed E-state index contributed by atoms with van der Waals surface area (Å²) in [6.07, 6.45) is -4.39. The van der Waals surface area contributed by atoms with Crippen LogP contribution < -0.4 is 5.32 Å². The number of amides is 1. The molecule has 0 bridgehead atoms. The van der Waals surface area contributed by atoms with Gasteiger partial charge in [-0.2, -0.15) is 13.2 Å². The van der Waals surface area contributed by atoms with E-state index < -0.39 is 18.6 Å². The molecule has 106 valence electrons. The number of nitrogens with one attached hydrogen (secondary N) is 1. The van der Waals surface area contributed by atoms with Crippen LogP contribution in [0.1, 0.15) is 22.8 Å². The van der Waals surface area contributed by atoms with Gasteiger partial charge in [0.1, 0.15) is 6.54 Å². The van der Waals surface area contributed by atoms with Gasteiger partial charge in [0.05, 0.1) is 0 Å². The molecule has 0 saturated carbocycles. The highest BCUT2D eigenvalue weighted by atomic mass is 19.4. The summed E-state index contributed by atoms with van der Waals surface area (Å²) < 4.78 is 36.7. The van der Waals surface area contributed by atoms with Crippen molar-refractivity contribution in [1.29, 1.82) is 0 Å². The monoisotopic (exact) mass is 274 g/mol. The van der Waals surface area contributed by atoms with Gasteiger partial charge in [-0.1, -0.05) is 0 Å². The third-order valence-electron chi connectivity index (χ3n) is 2.60. The second-order valence-electron chi connectivity index (χ2n) is 4.34. The summed E-state index contributed by atoms with van der Waals surface area (Å²) in [6.45, 7) is 3.23. The topological polar surface area (TPSA) is 32.3 Å². The summed E-state index contributed by atoms with van der Waals surface area (Å²) in [5.74, 6) is -0.636. The van der Waals surface area contributed by atoms with Crippen molar-refractivity contribution in [2.45, 2.75) is 20.0 Å². The molecule has 1 rings (SSSR count). The second-order valence-corrected chi connectivity index (χ2v) is 4.34. The number of benzene rings is 1. The normalized spacial score (nSPS) is 11.3. The maximum Gasteiger partial charge on any atom is 0.406 e. The molecule has 0 aromatic heterocycles. The van der Waals surface area contributed by atoms with E-state index in [1.54, 1.807) is 19.1 Å². The number of rotatable bonds is 4. The Kier molecular flexibility index (Phi) is 4.80. The van der Waals surface area contributed by atoms with E-state index in [9.17, 15) is 18.0 Å². The van der Waals surface area contributed by atoms with Crippen LogP contribution >= 0.6 is 0 Å². The summed E-state index contributed by atoms with van der Waals surface area (Å²) >= 11 is 0. The van der Waals surface area contributed by atoms with Crippen LogP contribution in [0.15, 0.2) is 18.2 Å². The molecule has 1 amide bonds. The number of aryl methyl sites for hydroxylation is 1. The van der Waals surface area contributed by atoms with Crippen LogP contribution in [0.5, 0.6) is 0 Å². The molecule has 3 nitrogen and oxygen atoms in total. The fourth-order valence-corrected chi connectivity index (χ4v) is 1.75. The second kappa shape index (κ2) is 5.95. The van der Waals surface area contributed by atoms with Gasteiger partial charge in [-0.15, -0.1) is 0 Å². The van der Waals surface area contributed by atoms with E-state index in [2.05, 4.69) is 5.32 Å². The van der Waals surface area contributed by atoms with Crippen molar-refractivity contribution in [3.05, 3.63) is 29.3 Å². The highest BCUT2D eigenvalue weighted by Gasteiger charge is 2.31. The molecule has 1 aromatic carbocycles. The minimum absolute atomic E-state index is 0.255. The molecule has 0 atom stereocenters. The van der Waals surface area contributed by atoms with E-state index in [-0.39, 0.29) is 5.56 Å². The van der Waals surface area contributed by atoms with Crippen LogP contribution in [0.2, 0.25) is 0 Å². The fraction of sp³-hybridized carbons (Fsp3) is 0.462. The van der Waals surface area contributed by atoms with Crippen LogP contribution in [-0.2, 0) is 0 Å². The molecular formula is C13H17F3N2O. The molecule has 0 aliphatic carbocycles. The molecule has 0 heterocycles. The third kappa shape index (κ3) is 4.46. The van der Waals surface area contributed by atoms with E-state index >= 15 is 0 Å². The van der Waals surface area contributed by atoms with Gasteiger partial charge < -0.3 is 10.2 Å². The van der Waals surface area contributed by atoms with Crippen molar-refractivity contribution in [3.8, 4) is 0 Å². The predicted molar refractivity (Wildman–Crippen MR) is 68.4 cm³/mol. The summed E-state index contributed by atoms with van der Waals surface area (Å²) in [5.41, 5.74) is 1.96. The van der Waals surface area contributed by atoms with Gasteiger partial charge in [0.25, 0.3) is 5.91 Å². The Hall–Kier alpha value is -1.72. The number of anilines is 1. The number of nitrogens with zero attached hydrogens (tertiary/aromatic N) is 1. The number of halogens is 3. The van der Waals surface area contributed by atoms with E-state index in [4.69, 9.17) is 0 Å². The first-order valence-electron chi connectivity index (χ1n) is 5.91. The van der Waals surface area contributed by atoms with Crippen LogP contribution in [0, 0.1) is 6.92 Å². The lowest BCUT2D eigenvalue weighted by Gasteiger charge is -2.19. The molecule has 0 unspecified atom stereocenters. The van der Waals surface area contributed by atoms with E-state index in [0.717, 1.165) is 24.8 Å². The Labute approximate surface area is 110 Å². The number of alkyl halides is 3. The van der Waals surface area contributed by atoms with Gasteiger partial charge in [-0.25, -0.2) is 0 Å². The lowest BCUT2D eigenvalue weighted by atomic mass is 10.1. The molecule has 0 aliphatic heterocycles. The van der Waals surface area contributed by atoms with Crippen LogP contribution in [0.4, 0.5) is 18.9 Å². The van der Waals surface area contributed by atoms with Crippen molar-refractivity contribution in [1.82, 2.24) is 4.90 Å². The van der Waals surface area contributed by atoms with Gasteiger partial charge >= 0.3 is 6.18 Å². The largest absolute Gasteiger partial charge is 0.406 e. The van der Waals surface area contributed by atoms with Crippen molar-refractivity contribution in [2.24, 2.45) is 0 Å². The SMILES string of the molecule is CCNc1ccc(C(=O)N(C)CC(F)(F)F)cc1C. The molecule has 1 N–H and O–H groups in total. The number of carbonyl (C=O) groups excluding carboxylic acids is 1. The highest BCUT2D eigenvalue weighted by molar-refractivity contribution is 5.94. The molecule has 0 saturated heterocycles. The van der Waals surface area contributed by atoms with Gasteiger partial charge in [0.15, 0.2) is 0 Å². The lowest BCUT2D eigenvalue weighted by Crippen LogP contribution is -2.35. The van der Waals surface area contributed by atoms with E-state index in [0.29, 0.717) is 4.90 Å². The Balaban J connectivity index is 2.86. The van der Waals surface area contributed by atoms with Crippen molar-refractivity contribution >= 4 is 11.6 Å². The standard InChI is InChI=1S/C13H17F3N2O/c1-4-17-11-6-5-10(7-9(11)2)12(19)18(3)8-13(14,15)16/h5-7,17H,4,8H2,1-3H3. The molecule has 0 spiro atoms. The van der Waals surface area contributed by atoms with Gasteiger partial charge in [0.2, 0.25) is 0 Å². The zero-order chi connectivity index (χ0) is 14.6. The number of hydrogen-bond donors (Lipinski definition) is 1. The first-order chi connectivity index (χ1) is 8.74. The third-order valence-corrected chi connectivity index (χ3v) is 2.60. The van der Waals surface area contributed by atoms with Gasteiger partial charge in [-0.3, -0.25) is 4.79 Å². The minimum atomic E-state index is -4.39. The van der Waals surface area contributed by atoms with Crippen LogP contribution in [0.3, 0.4) is 0 Å². The maximum atomic E-state index is 12.2. The summed E-state index contributed by atoms with van der Waals surface area (Å²) in [4.78, 5) is 12.5. The lowest BCUT2D eigenvalue weighted by molar-refractivity contribution is -0.138. The molecule has 6 heteroatoms. The maximum absolute atomic E-state index is 12.2. The Morgan fingerprint density at radius 3 is 2.47 bits per heavy atom. The molecule has 0 radical (unpaired) electrons. The first kappa shape index (κ1) is 15.3. The van der Waals surface area contributed by atoms with Gasteiger partial charge in [0, 0.05) is 24.8 Å². The average Bonchev–Trinajstić information content (AvgIpc) is 2.29. The van der Waals surface area contributed by atoms with E-state index in [1.807, 2.05) is 6.92 Å². The summed E-state index contributed by atoms with van der Waals surface area (Å²) in [5, 5.41) is 3.10. The first-order valence-corrected chi connectivity index (χ1v) is 5.91. The van der Waals surface area contributed by atoms with Crippen LogP contribution in [0.25, 0.3) is 0 Å². The molecule has 1 aromatic rings. The molecular weight excluding hydrogens is 257 g/mol. The fourth-order valence-electron chi connectivity index (χ4n) is 1.75. The highest BCUT2D eigenvalue weighted by Crippen LogP contribution is 2.20. The summed E-state index contributed by atoms with van der Waals surface area (Å²) in [6, 6.07) is 4.82. The van der Waals surface area contributed by atoms with Crippen molar-refractivity contribution in [2.75, 3.05) is 25.5 Å². The van der Waals surface area contributed by atoms with Crippen molar-refractivity contribution < 1.29 is 18.0 Å². The zero-order valence-corrected chi connectivity index (χ0v) is 11.1. The Bertz CT molecular complexity index is 458. The van der Waals surface area contributed by atoms with Gasteiger partial charge in [-0.05, 0) is 37.6 Å². The van der Waals surface area contributed by atoms with E-state index in [1.165, 1.54) is 6.07 Å². The average molecular weight is 274 g/mol. The number of hydrogen-bond acceptors (Lipinski definition) is 2. The zero-order valence-electron chi connectivity index (χ0n) is 11.1. The molecule has 19 heavy (non-hydrogen) atoms. The number of carbonyl (C=O) groups is 1. The minimum Gasteiger partial charge on any atom is -0.385 e. The molecule has 0 fully saturated rings. The smallest absolute Gasteiger partial charge is 0.385 e. The van der Waals surface area contributed by atoms with Crippen molar-refractivity contribution in [3.63, 3.8) is 0 Å². The molecule has 0 aliphatic rings.